The molecule has 2 aromatic carbocycles. The third kappa shape index (κ3) is 2.94. The minimum absolute atomic E-state index is 0.193. The van der Waals surface area contributed by atoms with Gasteiger partial charge in [0.2, 0.25) is 0 Å². The number of carbonyl (C=O) groups is 3. The van der Waals surface area contributed by atoms with Gasteiger partial charge in [-0.3, -0.25) is 14.9 Å². The molecule has 120 valence electrons. The highest BCUT2D eigenvalue weighted by molar-refractivity contribution is 6.39. The topological polar surface area (TPSA) is 66.5 Å². The molecule has 4 amide bonds. The van der Waals surface area contributed by atoms with Gasteiger partial charge in [0.05, 0.1) is 5.69 Å². The van der Waals surface area contributed by atoms with Crippen molar-refractivity contribution in [3.8, 4) is 0 Å². The quantitative estimate of drug-likeness (QED) is 0.682. The van der Waals surface area contributed by atoms with Crippen molar-refractivity contribution in [1.29, 1.82) is 0 Å². The zero-order valence-electron chi connectivity index (χ0n) is 12.7. The van der Waals surface area contributed by atoms with Crippen LogP contribution in [0, 0.1) is 12.7 Å². The second kappa shape index (κ2) is 6.08. The summed E-state index contributed by atoms with van der Waals surface area (Å²) in [6, 6.07) is 11.3. The number of hydrogen-bond acceptors (Lipinski definition) is 3. The van der Waals surface area contributed by atoms with E-state index in [4.69, 9.17) is 0 Å². The zero-order chi connectivity index (χ0) is 17.3. The van der Waals surface area contributed by atoms with Crippen molar-refractivity contribution in [2.75, 3.05) is 4.90 Å². The van der Waals surface area contributed by atoms with Gasteiger partial charge in [0, 0.05) is 0 Å². The van der Waals surface area contributed by atoms with E-state index in [-0.39, 0.29) is 5.57 Å². The molecule has 1 heterocycles. The van der Waals surface area contributed by atoms with Crippen molar-refractivity contribution in [3.05, 3.63) is 71.0 Å². The molecule has 1 fully saturated rings. The van der Waals surface area contributed by atoms with Crippen molar-refractivity contribution < 1.29 is 18.8 Å². The molecule has 1 aliphatic rings. The molecule has 0 spiro atoms. The molecule has 0 bridgehead atoms. The highest BCUT2D eigenvalue weighted by Gasteiger charge is 2.36. The summed E-state index contributed by atoms with van der Waals surface area (Å²) >= 11 is 0. The molecule has 1 N–H and O–H groups in total. The van der Waals surface area contributed by atoms with Gasteiger partial charge < -0.3 is 0 Å². The lowest BCUT2D eigenvalue weighted by Gasteiger charge is -2.26. The summed E-state index contributed by atoms with van der Waals surface area (Å²) in [6.07, 6.45) is 1.32. The first kappa shape index (κ1) is 15.6. The maximum atomic E-state index is 13.0. The Morgan fingerprint density at radius 3 is 2.21 bits per heavy atom. The lowest BCUT2D eigenvalue weighted by Crippen LogP contribution is -2.54. The lowest BCUT2D eigenvalue weighted by atomic mass is 10.1. The molecule has 0 unspecified atom stereocenters. The van der Waals surface area contributed by atoms with Gasteiger partial charge in [-0.25, -0.2) is 14.1 Å². The Morgan fingerprint density at radius 2 is 1.58 bits per heavy atom. The fraction of sp³-hybridized carbons (Fsp3) is 0.0556. The number of rotatable bonds is 2. The van der Waals surface area contributed by atoms with E-state index in [1.54, 1.807) is 24.3 Å². The highest BCUT2D eigenvalue weighted by Crippen LogP contribution is 2.22. The van der Waals surface area contributed by atoms with E-state index in [0.29, 0.717) is 11.3 Å². The molecule has 3 rings (SSSR count). The van der Waals surface area contributed by atoms with Crippen molar-refractivity contribution in [2.45, 2.75) is 6.92 Å². The van der Waals surface area contributed by atoms with Crippen molar-refractivity contribution in [3.63, 3.8) is 0 Å². The Balaban J connectivity index is 1.99. The molecule has 2 aromatic rings. The maximum Gasteiger partial charge on any atom is 0.335 e. The van der Waals surface area contributed by atoms with Gasteiger partial charge in [-0.05, 0) is 42.8 Å². The first-order valence-corrected chi connectivity index (χ1v) is 7.19. The minimum atomic E-state index is -0.801. The van der Waals surface area contributed by atoms with Crippen LogP contribution in [0.1, 0.15) is 11.1 Å². The van der Waals surface area contributed by atoms with Crippen molar-refractivity contribution >= 4 is 29.6 Å². The van der Waals surface area contributed by atoms with Gasteiger partial charge in [-0.2, -0.15) is 0 Å². The Bertz CT molecular complexity index is 855. The fourth-order valence-electron chi connectivity index (χ4n) is 2.31. The second-order valence-electron chi connectivity index (χ2n) is 5.34. The normalized spacial score (nSPS) is 16.5. The van der Waals surface area contributed by atoms with E-state index < -0.39 is 23.7 Å². The summed E-state index contributed by atoms with van der Waals surface area (Å²) < 4.78 is 13.0. The molecule has 0 aliphatic carbocycles. The number of aryl methyl sites for hydroxylation is 1. The molecule has 6 heteroatoms. The number of barbiturate groups is 1. The van der Waals surface area contributed by atoms with Gasteiger partial charge in [0.15, 0.2) is 0 Å². The van der Waals surface area contributed by atoms with Crippen LogP contribution in [0.5, 0.6) is 0 Å². The predicted octanol–water partition coefficient (Wildman–Crippen LogP) is 2.80. The van der Waals surface area contributed by atoms with Crippen LogP contribution in [0.4, 0.5) is 14.9 Å². The smallest absolute Gasteiger partial charge is 0.273 e. The Kier molecular flexibility index (Phi) is 3.95. The van der Waals surface area contributed by atoms with Gasteiger partial charge in [0.1, 0.15) is 11.4 Å². The molecule has 5 nitrogen and oxygen atoms in total. The van der Waals surface area contributed by atoms with Crippen molar-refractivity contribution in [1.82, 2.24) is 5.32 Å². The summed E-state index contributed by atoms with van der Waals surface area (Å²) in [5.74, 6) is -1.93. The largest absolute Gasteiger partial charge is 0.335 e. The predicted molar refractivity (Wildman–Crippen MR) is 86.6 cm³/mol. The van der Waals surface area contributed by atoms with Crippen LogP contribution in [0.15, 0.2) is 54.1 Å². The monoisotopic (exact) mass is 324 g/mol. The molecular weight excluding hydrogens is 311 g/mol. The molecular formula is C18H13FN2O3. The number of benzene rings is 2. The number of carbonyl (C=O) groups excluding carboxylic acids is 3. The van der Waals surface area contributed by atoms with E-state index in [1.165, 1.54) is 30.3 Å². The van der Waals surface area contributed by atoms with Gasteiger partial charge in [0.25, 0.3) is 11.8 Å². The Morgan fingerprint density at radius 1 is 0.958 bits per heavy atom. The molecule has 0 aromatic heterocycles. The number of anilines is 1. The van der Waals surface area contributed by atoms with Crippen LogP contribution in [0.3, 0.4) is 0 Å². The van der Waals surface area contributed by atoms with E-state index in [9.17, 15) is 18.8 Å². The van der Waals surface area contributed by atoms with Crippen molar-refractivity contribution in [2.24, 2.45) is 0 Å². The van der Waals surface area contributed by atoms with Gasteiger partial charge >= 0.3 is 6.03 Å². The number of hydrogen-bond donors (Lipinski definition) is 1. The summed E-state index contributed by atoms with van der Waals surface area (Å²) in [4.78, 5) is 37.5. The Labute approximate surface area is 137 Å². The molecule has 1 aliphatic heterocycles. The summed E-state index contributed by atoms with van der Waals surface area (Å²) in [5, 5.41) is 2.14. The lowest BCUT2D eigenvalue weighted by molar-refractivity contribution is -0.122. The number of halogens is 1. The van der Waals surface area contributed by atoms with E-state index >= 15 is 0 Å². The number of nitrogens with zero attached hydrogens (tertiary/aromatic N) is 1. The van der Waals surface area contributed by atoms with Gasteiger partial charge in [-0.1, -0.05) is 29.8 Å². The van der Waals surface area contributed by atoms with Crippen LogP contribution in [-0.2, 0) is 9.59 Å². The summed E-state index contributed by atoms with van der Waals surface area (Å²) in [7, 11) is 0. The summed E-state index contributed by atoms with van der Waals surface area (Å²) in [5.41, 5.74) is 1.62. The first-order chi connectivity index (χ1) is 11.5. The number of imide groups is 2. The maximum absolute atomic E-state index is 13.0. The number of nitrogens with one attached hydrogen (secondary N) is 1. The number of amides is 4. The SMILES string of the molecule is Cc1ccc(N2C(=O)NC(=O)/C(=C/c3ccc(F)cc3)C2=O)cc1. The third-order valence-electron chi connectivity index (χ3n) is 3.57. The standard InChI is InChI=1S/C18H13FN2O3/c1-11-2-8-14(9-3-11)21-17(23)15(16(22)20-18(21)24)10-12-4-6-13(19)7-5-12/h2-10H,1H3,(H,20,22,24)/b15-10-. The average molecular weight is 324 g/mol. The average Bonchev–Trinajstić information content (AvgIpc) is 2.55. The van der Waals surface area contributed by atoms with E-state index in [1.807, 2.05) is 6.92 Å². The van der Waals surface area contributed by atoms with Crippen LogP contribution >= 0.6 is 0 Å². The van der Waals surface area contributed by atoms with Gasteiger partial charge in [-0.15, -0.1) is 0 Å². The van der Waals surface area contributed by atoms with E-state index in [2.05, 4.69) is 5.32 Å². The Hall–Kier alpha value is -3.28. The number of urea groups is 1. The fourth-order valence-corrected chi connectivity index (χ4v) is 2.31. The molecule has 24 heavy (non-hydrogen) atoms. The third-order valence-corrected chi connectivity index (χ3v) is 3.57. The van der Waals surface area contributed by atoms with Crippen LogP contribution < -0.4 is 10.2 Å². The summed E-state index contributed by atoms with van der Waals surface area (Å²) in [6.45, 7) is 1.88. The molecule has 0 atom stereocenters. The minimum Gasteiger partial charge on any atom is -0.273 e. The highest BCUT2D eigenvalue weighted by atomic mass is 19.1. The van der Waals surface area contributed by atoms with Crippen LogP contribution in [0.2, 0.25) is 0 Å². The molecule has 0 saturated carbocycles. The van der Waals surface area contributed by atoms with E-state index in [0.717, 1.165) is 10.5 Å². The zero-order valence-corrected chi connectivity index (χ0v) is 12.7. The van der Waals surface area contributed by atoms with Crippen LogP contribution in [0.25, 0.3) is 6.08 Å². The molecule has 1 saturated heterocycles. The second-order valence-corrected chi connectivity index (χ2v) is 5.34. The van der Waals surface area contributed by atoms with Crippen LogP contribution in [-0.4, -0.2) is 17.8 Å². The first-order valence-electron chi connectivity index (χ1n) is 7.19. The molecule has 0 radical (unpaired) electrons.